The Bertz CT molecular complexity index is 578. The van der Waals surface area contributed by atoms with Crippen LogP contribution in [0.5, 0.6) is 5.75 Å². The molecule has 0 aliphatic heterocycles. The van der Waals surface area contributed by atoms with Crippen LogP contribution in [0.2, 0.25) is 0 Å². The van der Waals surface area contributed by atoms with Gasteiger partial charge in [0.1, 0.15) is 5.75 Å². The molecule has 0 heterocycles. The van der Waals surface area contributed by atoms with Gasteiger partial charge in [0.25, 0.3) is 0 Å². The monoisotopic (exact) mass is 381 g/mol. The zero-order valence-corrected chi connectivity index (χ0v) is 18.2. The molecule has 0 unspecified atom stereocenters. The number of thioether (sulfide) groups is 1. The highest BCUT2D eigenvalue weighted by Gasteiger charge is 2.26. The first-order valence-electron chi connectivity index (χ1n) is 9.30. The molecule has 0 radical (unpaired) electrons. The molecule has 0 saturated carbocycles. The Morgan fingerprint density at radius 2 is 1.50 bits per heavy atom. The molecule has 4 nitrogen and oxygen atoms in total. The van der Waals surface area contributed by atoms with Crippen molar-refractivity contribution in [3.8, 4) is 5.75 Å². The number of rotatable bonds is 7. The highest BCUT2D eigenvalue weighted by Crippen LogP contribution is 2.41. The van der Waals surface area contributed by atoms with E-state index in [1.54, 1.807) is 11.8 Å². The fraction of sp³-hybridized carbons (Fsp3) is 0.667. The third kappa shape index (κ3) is 6.84. The van der Waals surface area contributed by atoms with Gasteiger partial charge >= 0.3 is 0 Å². The lowest BCUT2D eigenvalue weighted by Crippen LogP contribution is -2.21. The van der Waals surface area contributed by atoms with E-state index in [-0.39, 0.29) is 16.7 Å². The van der Waals surface area contributed by atoms with Crippen LogP contribution < -0.4 is 0 Å². The van der Waals surface area contributed by atoms with Crippen LogP contribution >= 0.6 is 11.8 Å². The van der Waals surface area contributed by atoms with E-state index in [2.05, 4.69) is 53.7 Å². The van der Waals surface area contributed by atoms with Gasteiger partial charge in [0.05, 0.1) is 0 Å². The number of nitrogens with zero attached hydrogens (tertiary/aromatic N) is 1. The normalized spacial score (nSPS) is 12.3. The highest BCUT2D eigenvalue weighted by atomic mass is 32.2. The minimum Gasteiger partial charge on any atom is -0.507 e. The van der Waals surface area contributed by atoms with Crippen LogP contribution in [0.4, 0.5) is 0 Å². The summed E-state index contributed by atoms with van der Waals surface area (Å²) in [6.07, 6.45) is 3.16. The van der Waals surface area contributed by atoms with E-state index in [1.807, 2.05) is 0 Å². The van der Waals surface area contributed by atoms with Gasteiger partial charge in [0.15, 0.2) is 0 Å². The molecule has 0 aromatic heterocycles. The van der Waals surface area contributed by atoms with Crippen LogP contribution in [0.1, 0.15) is 78.4 Å². The molecule has 0 bridgehead atoms. The van der Waals surface area contributed by atoms with Gasteiger partial charge < -0.3 is 5.11 Å². The Hall–Kier alpha value is -1.20. The summed E-state index contributed by atoms with van der Waals surface area (Å²) in [6, 6.07) is 4.22. The molecule has 1 aromatic carbocycles. The molecule has 1 aromatic rings. The van der Waals surface area contributed by atoms with Crippen LogP contribution in [0.15, 0.2) is 17.0 Å². The van der Waals surface area contributed by atoms with Crippen molar-refractivity contribution >= 4 is 17.7 Å². The van der Waals surface area contributed by atoms with Crippen molar-refractivity contribution in [2.75, 3.05) is 12.8 Å². The minimum atomic E-state index is -0.235. The predicted molar refractivity (Wildman–Crippen MR) is 109 cm³/mol. The average Bonchev–Trinajstić information content (AvgIpc) is 2.49. The van der Waals surface area contributed by atoms with Gasteiger partial charge in [-0.05, 0) is 41.6 Å². The van der Waals surface area contributed by atoms with E-state index in [1.165, 1.54) is 11.9 Å². The standard InChI is InChI=1S/C21H35NO3S/c1-20(2,3)16-13-15(14-17(19(16)24)21(4,5)6)26-12-10-8-9-11-18(23)22(7)25/h13-14,24-25H,8-12H2,1-7H3. The third-order valence-corrected chi connectivity index (χ3v) is 5.43. The topological polar surface area (TPSA) is 60.8 Å². The molecule has 2 N–H and O–H groups in total. The average molecular weight is 382 g/mol. The van der Waals surface area contributed by atoms with Crippen LogP contribution in [0.25, 0.3) is 0 Å². The molecule has 0 spiro atoms. The smallest absolute Gasteiger partial charge is 0.245 e. The van der Waals surface area contributed by atoms with Crippen molar-refractivity contribution in [2.24, 2.45) is 0 Å². The molecule has 1 amide bonds. The maximum atomic E-state index is 11.3. The maximum absolute atomic E-state index is 11.3. The molecular weight excluding hydrogens is 346 g/mol. The second-order valence-electron chi connectivity index (χ2n) is 8.94. The summed E-state index contributed by atoms with van der Waals surface area (Å²) in [4.78, 5) is 12.5. The van der Waals surface area contributed by atoms with Crippen molar-refractivity contribution in [1.82, 2.24) is 5.06 Å². The molecule has 0 fully saturated rings. The molecule has 0 saturated heterocycles. The number of benzene rings is 1. The van der Waals surface area contributed by atoms with Gasteiger partial charge in [-0.25, -0.2) is 5.06 Å². The summed E-state index contributed by atoms with van der Waals surface area (Å²) in [6.45, 7) is 12.7. The summed E-state index contributed by atoms with van der Waals surface area (Å²) < 4.78 is 0. The van der Waals surface area contributed by atoms with E-state index >= 15 is 0 Å². The number of hydrogen-bond donors (Lipinski definition) is 2. The number of carbonyl (C=O) groups is 1. The summed E-state index contributed by atoms with van der Waals surface area (Å²) in [5.41, 5.74) is 1.75. The van der Waals surface area contributed by atoms with E-state index in [0.29, 0.717) is 17.2 Å². The third-order valence-electron chi connectivity index (χ3n) is 4.36. The van der Waals surface area contributed by atoms with Crippen molar-refractivity contribution in [1.29, 1.82) is 0 Å². The first kappa shape index (κ1) is 22.8. The minimum absolute atomic E-state index is 0.114. The molecule has 0 aliphatic carbocycles. The Balaban J connectivity index is 2.74. The van der Waals surface area contributed by atoms with Gasteiger partial charge in [-0.3, -0.25) is 10.0 Å². The molecule has 26 heavy (non-hydrogen) atoms. The molecule has 5 heteroatoms. The predicted octanol–water partition coefficient (Wildman–Crippen LogP) is 5.49. The Morgan fingerprint density at radius 1 is 1.00 bits per heavy atom. The van der Waals surface area contributed by atoms with E-state index in [9.17, 15) is 9.90 Å². The van der Waals surface area contributed by atoms with Crippen molar-refractivity contribution in [3.63, 3.8) is 0 Å². The zero-order chi connectivity index (χ0) is 20.1. The first-order chi connectivity index (χ1) is 11.8. The summed E-state index contributed by atoms with van der Waals surface area (Å²) in [5, 5.41) is 20.5. The van der Waals surface area contributed by atoms with Gasteiger partial charge in [-0.2, -0.15) is 0 Å². The lowest BCUT2D eigenvalue weighted by molar-refractivity contribution is -0.159. The number of phenolic OH excluding ortho intramolecular Hbond substituents is 1. The number of hydrogen-bond acceptors (Lipinski definition) is 4. The van der Waals surface area contributed by atoms with E-state index in [4.69, 9.17) is 5.21 Å². The Morgan fingerprint density at radius 3 is 1.92 bits per heavy atom. The van der Waals surface area contributed by atoms with Gasteiger partial charge in [-0.15, -0.1) is 11.8 Å². The second-order valence-corrected chi connectivity index (χ2v) is 10.1. The summed E-state index contributed by atoms with van der Waals surface area (Å²) in [7, 11) is 1.36. The number of unbranched alkanes of at least 4 members (excludes halogenated alkanes) is 2. The van der Waals surface area contributed by atoms with Gasteiger partial charge in [0.2, 0.25) is 5.91 Å². The van der Waals surface area contributed by atoms with Crippen LogP contribution in [-0.4, -0.2) is 34.1 Å². The number of hydroxylamine groups is 2. The lowest BCUT2D eigenvalue weighted by Gasteiger charge is -2.28. The van der Waals surface area contributed by atoms with Gasteiger partial charge in [0, 0.05) is 29.5 Å². The van der Waals surface area contributed by atoms with Crippen LogP contribution in [-0.2, 0) is 15.6 Å². The molecule has 0 atom stereocenters. The fourth-order valence-electron chi connectivity index (χ4n) is 2.74. The highest BCUT2D eigenvalue weighted by molar-refractivity contribution is 7.99. The molecule has 148 valence electrons. The Kier molecular flexibility index (Phi) is 8.03. The lowest BCUT2D eigenvalue weighted by atomic mass is 9.79. The maximum Gasteiger partial charge on any atom is 0.245 e. The Labute approximate surface area is 162 Å². The largest absolute Gasteiger partial charge is 0.507 e. The van der Waals surface area contributed by atoms with Crippen LogP contribution in [0, 0.1) is 0 Å². The van der Waals surface area contributed by atoms with E-state index < -0.39 is 0 Å². The molecule has 0 aliphatic rings. The number of aromatic hydroxyl groups is 1. The molecule has 1 rings (SSSR count). The number of amides is 1. The second kappa shape index (κ2) is 9.14. The number of carbonyl (C=O) groups excluding carboxylic acids is 1. The zero-order valence-electron chi connectivity index (χ0n) is 17.3. The SMILES string of the molecule is CN(O)C(=O)CCCCCSc1cc(C(C)(C)C)c(O)c(C(C)(C)C)c1. The van der Waals surface area contributed by atoms with Gasteiger partial charge in [-0.1, -0.05) is 48.0 Å². The number of phenols is 1. The summed E-state index contributed by atoms with van der Waals surface area (Å²) in [5.74, 6) is 1.16. The van der Waals surface area contributed by atoms with E-state index in [0.717, 1.165) is 36.1 Å². The van der Waals surface area contributed by atoms with Crippen molar-refractivity contribution in [2.45, 2.75) is 83.0 Å². The quantitative estimate of drug-likeness (QED) is 0.284. The van der Waals surface area contributed by atoms with Crippen LogP contribution in [0.3, 0.4) is 0 Å². The first-order valence-corrected chi connectivity index (χ1v) is 10.3. The van der Waals surface area contributed by atoms with Crippen molar-refractivity contribution in [3.05, 3.63) is 23.3 Å². The molecular formula is C21H35NO3S. The van der Waals surface area contributed by atoms with Crippen molar-refractivity contribution < 1.29 is 15.1 Å². The fourth-order valence-corrected chi connectivity index (χ4v) is 3.73. The summed E-state index contributed by atoms with van der Waals surface area (Å²) >= 11 is 1.80.